The van der Waals surface area contributed by atoms with Gasteiger partial charge in [0.15, 0.2) is 0 Å². The van der Waals surface area contributed by atoms with Gasteiger partial charge in [-0.2, -0.15) is 5.10 Å². The molecular weight excluding hydrogens is 206 g/mol. The van der Waals surface area contributed by atoms with Crippen molar-refractivity contribution in [2.45, 2.75) is 26.2 Å². The first-order chi connectivity index (χ1) is 7.66. The summed E-state index contributed by atoms with van der Waals surface area (Å²) in [5.74, 6) is -0.00440. The fourth-order valence-corrected chi connectivity index (χ4v) is 1.51. The van der Waals surface area contributed by atoms with E-state index in [-0.39, 0.29) is 12.5 Å². The van der Waals surface area contributed by atoms with Crippen molar-refractivity contribution in [2.24, 2.45) is 0 Å². The molecule has 5 heteroatoms. The Bertz CT molecular complexity index is 336. The summed E-state index contributed by atoms with van der Waals surface area (Å²) in [6.45, 7) is 2.77. The largest absolute Gasteiger partial charge is 0.396 e. The molecule has 1 amide bonds. The van der Waals surface area contributed by atoms with Gasteiger partial charge < -0.3 is 10.0 Å². The normalized spacial score (nSPS) is 10.4. The lowest BCUT2D eigenvalue weighted by Crippen LogP contribution is -2.28. The van der Waals surface area contributed by atoms with Crippen LogP contribution in [0.1, 0.15) is 35.3 Å². The number of nitrogens with zero attached hydrogens (tertiary/aromatic N) is 2. The van der Waals surface area contributed by atoms with Crippen molar-refractivity contribution in [3.05, 3.63) is 17.5 Å². The molecule has 1 aromatic heterocycles. The van der Waals surface area contributed by atoms with Crippen LogP contribution in [0, 0.1) is 6.92 Å². The molecule has 2 N–H and O–H groups in total. The number of carbonyl (C=O) groups excluding carboxylic acids is 1. The van der Waals surface area contributed by atoms with Crippen molar-refractivity contribution in [2.75, 3.05) is 20.2 Å². The predicted molar refractivity (Wildman–Crippen MR) is 61.2 cm³/mol. The van der Waals surface area contributed by atoms with Gasteiger partial charge in [0.05, 0.1) is 11.8 Å². The molecule has 0 saturated heterocycles. The SMILES string of the molecule is Cc1[nH]ncc1C(=O)N(C)CCCCCO. The Kier molecular flexibility index (Phi) is 4.98. The predicted octanol–water partition coefficient (Wildman–Crippen LogP) is 0.953. The standard InChI is InChI=1S/C11H19N3O2/c1-9-10(8-12-13-9)11(16)14(2)6-4-3-5-7-15/h8,15H,3-7H2,1-2H3,(H,12,13). The Morgan fingerprint density at radius 2 is 2.25 bits per heavy atom. The van der Waals surface area contributed by atoms with Crippen LogP contribution in [-0.2, 0) is 0 Å². The molecule has 0 bridgehead atoms. The number of aryl methyl sites for hydroxylation is 1. The molecule has 0 saturated carbocycles. The van der Waals surface area contributed by atoms with Crippen LogP contribution in [0.5, 0.6) is 0 Å². The minimum Gasteiger partial charge on any atom is -0.396 e. The summed E-state index contributed by atoms with van der Waals surface area (Å²) in [5.41, 5.74) is 1.43. The Morgan fingerprint density at radius 1 is 1.50 bits per heavy atom. The van der Waals surface area contributed by atoms with Crippen molar-refractivity contribution in [1.29, 1.82) is 0 Å². The molecule has 0 spiro atoms. The number of H-pyrrole nitrogens is 1. The van der Waals surface area contributed by atoms with Gasteiger partial charge in [-0.3, -0.25) is 9.89 Å². The molecule has 1 aromatic rings. The number of rotatable bonds is 6. The molecule has 0 aromatic carbocycles. The maximum Gasteiger partial charge on any atom is 0.257 e. The van der Waals surface area contributed by atoms with E-state index in [0.717, 1.165) is 25.0 Å². The second kappa shape index (κ2) is 6.27. The van der Waals surface area contributed by atoms with Crippen LogP contribution < -0.4 is 0 Å². The number of aliphatic hydroxyl groups excluding tert-OH is 1. The molecule has 0 unspecified atom stereocenters. The first-order valence-corrected chi connectivity index (χ1v) is 5.53. The van der Waals surface area contributed by atoms with Gasteiger partial charge in [-0.1, -0.05) is 0 Å². The number of carbonyl (C=O) groups is 1. The van der Waals surface area contributed by atoms with Gasteiger partial charge in [0.25, 0.3) is 5.91 Å². The van der Waals surface area contributed by atoms with Crippen LogP contribution in [-0.4, -0.2) is 46.3 Å². The lowest BCUT2D eigenvalue weighted by molar-refractivity contribution is 0.0791. The number of aliphatic hydroxyl groups is 1. The van der Waals surface area contributed by atoms with E-state index in [1.54, 1.807) is 18.1 Å². The van der Waals surface area contributed by atoms with Crippen LogP contribution in [0.15, 0.2) is 6.20 Å². The summed E-state index contributed by atoms with van der Waals surface area (Å²) >= 11 is 0. The quantitative estimate of drug-likeness (QED) is 0.708. The van der Waals surface area contributed by atoms with Crippen LogP contribution >= 0.6 is 0 Å². The van der Waals surface area contributed by atoms with Crippen LogP contribution in [0.4, 0.5) is 0 Å². The Balaban J connectivity index is 2.40. The number of unbranched alkanes of at least 4 members (excludes halogenated alkanes) is 2. The van der Waals surface area contributed by atoms with E-state index in [1.165, 1.54) is 0 Å². The summed E-state index contributed by atoms with van der Waals surface area (Å²) in [5, 5.41) is 15.2. The van der Waals surface area contributed by atoms with Gasteiger partial charge in [0, 0.05) is 25.9 Å². The van der Waals surface area contributed by atoms with Gasteiger partial charge >= 0.3 is 0 Å². The molecule has 0 aliphatic rings. The third-order valence-corrected chi connectivity index (χ3v) is 2.56. The topological polar surface area (TPSA) is 69.2 Å². The van der Waals surface area contributed by atoms with Gasteiger partial charge in [-0.15, -0.1) is 0 Å². The molecule has 0 aliphatic heterocycles. The maximum atomic E-state index is 11.9. The van der Waals surface area contributed by atoms with Gasteiger partial charge in [-0.05, 0) is 26.2 Å². The third-order valence-electron chi connectivity index (χ3n) is 2.56. The van der Waals surface area contributed by atoms with E-state index >= 15 is 0 Å². The fraction of sp³-hybridized carbons (Fsp3) is 0.636. The Labute approximate surface area is 95.5 Å². The minimum atomic E-state index is -0.00440. The van der Waals surface area contributed by atoms with Crippen LogP contribution in [0.25, 0.3) is 0 Å². The van der Waals surface area contributed by atoms with Crippen LogP contribution in [0.3, 0.4) is 0 Å². The van der Waals surface area contributed by atoms with Crippen molar-refractivity contribution in [3.63, 3.8) is 0 Å². The Morgan fingerprint density at radius 3 is 2.81 bits per heavy atom. The van der Waals surface area contributed by atoms with Crippen molar-refractivity contribution in [3.8, 4) is 0 Å². The molecule has 0 atom stereocenters. The number of amides is 1. The number of nitrogens with one attached hydrogen (secondary N) is 1. The first-order valence-electron chi connectivity index (χ1n) is 5.53. The maximum absolute atomic E-state index is 11.9. The molecule has 1 heterocycles. The molecular formula is C11H19N3O2. The van der Waals surface area contributed by atoms with E-state index in [1.807, 2.05) is 6.92 Å². The van der Waals surface area contributed by atoms with Crippen molar-refractivity contribution >= 4 is 5.91 Å². The average molecular weight is 225 g/mol. The highest BCUT2D eigenvalue weighted by Gasteiger charge is 2.14. The molecule has 90 valence electrons. The summed E-state index contributed by atoms with van der Waals surface area (Å²) in [6, 6.07) is 0. The lowest BCUT2D eigenvalue weighted by atomic mass is 10.2. The lowest BCUT2D eigenvalue weighted by Gasteiger charge is -2.16. The minimum absolute atomic E-state index is 0.00440. The van der Waals surface area contributed by atoms with Gasteiger partial charge in [-0.25, -0.2) is 0 Å². The zero-order chi connectivity index (χ0) is 12.0. The van der Waals surface area contributed by atoms with Crippen molar-refractivity contribution < 1.29 is 9.90 Å². The van der Waals surface area contributed by atoms with Gasteiger partial charge in [0.2, 0.25) is 0 Å². The summed E-state index contributed by atoms with van der Waals surface area (Å²) in [4.78, 5) is 13.6. The van der Waals surface area contributed by atoms with E-state index in [2.05, 4.69) is 10.2 Å². The van der Waals surface area contributed by atoms with Crippen molar-refractivity contribution in [1.82, 2.24) is 15.1 Å². The molecule has 0 radical (unpaired) electrons. The summed E-state index contributed by atoms with van der Waals surface area (Å²) < 4.78 is 0. The zero-order valence-electron chi connectivity index (χ0n) is 9.86. The van der Waals surface area contributed by atoms with E-state index in [9.17, 15) is 4.79 Å². The number of aromatic nitrogens is 2. The highest BCUT2D eigenvalue weighted by Crippen LogP contribution is 2.07. The van der Waals surface area contributed by atoms with E-state index in [0.29, 0.717) is 12.1 Å². The van der Waals surface area contributed by atoms with Gasteiger partial charge in [0.1, 0.15) is 0 Å². The highest BCUT2D eigenvalue weighted by atomic mass is 16.2. The monoisotopic (exact) mass is 225 g/mol. The fourth-order valence-electron chi connectivity index (χ4n) is 1.51. The van der Waals surface area contributed by atoms with Crippen LogP contribution in [0.2, 0.25) is 0 Å². The highest BCUT2D eigenvalue weighted by molar-refractivity contribution is 5.94. The molecule has 0 fully saturated rings. The van der Waals surface area contributed by atoms with E-state index in [4.69, 9.17) is 5.11 Å². The number of hydrogen-bond acceptors (Lipinski definition) is 3. The Hall–Kier alpha value is -1.36. The third kappa shape index (κ3) is 3.34. The molecule has 1 rings (SSSR count). The summed E-state index contributed by atoms with van der Waals surface area (Å²) in [6.07, 6.45) is 4.22. The second-order valence-electron chi connectivity index (χ2n) is 3.92. The first kappa shape index (κ1) is 12.7. The summed E-state index contributed by atoms with van der Waals surface area (Å²) in [7, 11) is 1.79. The average Bonchev–Trinajstić information content (AvgIpc) is 2.69. The zero-order valence-corrected chi connectivity index (χ0v) is 9.86. The molecule has 5 nitrogen and oxygen atoms in total. The second-order valence-corrected chi connectivity index (χ2v) is 3.92. The molecule has 16 heavy (non-hydrogen) atoms. The smallest absolute Gasteiger partial charge is 0.257 e. The van der Waals surface area contributed by atoms with E-state index < -0.39 is 0 Å². The molecule has 0 aliphatic carbocycles. The number of hydrogen-bond donors (Lipinski definition) is 2. The number of aromatic amines is 1.